The van der Waals surface area contributed by atoms with Crippen molar-refractivity contribution < 1.29 is 8.83 Å². The van der Waals surface area contributed by atoms with Gasteiger partial charge in [0.1, 0.15) is 11.1 Å². The number of pyridine rings is 1. The largest absolute Gasteiger partial charge is 0.436 e. The molecule has 5 rings (SSSR count). The van der Waals surface area contributed by atoms with Crippen LogP contribution in [0.15, 0.2) is 50.3 Å². The Morgan fingerprint density at radius 1 is 1.00 bits per heavy atom. The third-order valence-electron chi connectivity index (χ3n) is 4.64. The van der Waals surface area contributed by atoms with Crippen LogP contribution in [0.1, 0.15) is 24.0 Å². The lowest BCUT2D eigenvalue weighted by Crippen LogP contribution is -2.15. The van der Waals surface area contributed by atoms with Crippen molar-refractivity contribution in [3.8, 4) is 11.5 Å². The zero-order chi connectivity index (χ0) is 16.1. The van der Waals surface area contributed by atoms with E-state index in [0.717, 1.165) is 53.3 Å². The Hall–Kier alpha value is -2.95. The van der Waals surface area contributed by atoms with E-state index in [2.05, 4.69) is 9.97 Å². The summed E-state index contributed by atoms with van der Waals surface area (Å²) in [5, 5.41) is 0.975. The highest BCUT2D eigenvalue weighted by Crippen LogP contribution is 2.31. The number of hydrogen-bond acceptors (Lipinski definition) is 5. The average Bonchev–Trinajstić information content (AvgIpc) is 3.04. The zero-order valence-corrected chi connectivity index (χ0v) is 12.9. The summed E-state index contributed by atoms with van der Waals surface area (Å²) in [4.78, 5) is 20.9. The Labute approximate surface area is 137 Å². The predicted molar refractivity (Wildman–Crippen MR) is 89.9 cm³/mol. The van der Waals surface area contributed by atoms with Gasteiger partial charge in [0.15, 0.2) is 5.58 Å². The van der Waals surface area contributed by atoms with E-state index in [0.29, 0.717) is 17.1 Å². The second-order valence-electron chi connectivity index (χ2n) is 6.13. The van der Waals surface area contributed by atoms with Crippen LogP contribution in [-0.4, -0.2) is 9.97 Å². The number of aryl methyl sites for hydroxylation is 1. The summed E-state index contributed by atoms with van der Waals surface area (Å²) in [7, 11) is 0. The zero-order valence-electron chi connectivity index (χ0n) is 12.9. The molecule has 1 aliphatic carbocycles. The van der Waals surface area contributed by atoms with Gasteiger partial charge >= 0.3 is 5.63 Å². The van der Waals surface area contributed by atoms with Crippen LogP contribution in [0.4, 0.5) is 0 Å². The second-order valence-corrected chi connectivity index (χ2v) is 6.13. The van der Waals surface area contributed by atoms with E-state index in [-0.39, 0.29) is 5.63 Å². The minimum atomic E-state index is -0.219. The van der Waals surface area contributed by atoms with Crippen molar-refractivity contribution in [3.05, 3.63) is 58.2 Å². The molecule has 3 aromatic heterocycles. The van der Waals surface area contributed by atoms with Gasteiger partial charge < -0.3 is 8.83 Å². The van der Waals surface area contributed by atoms with E-state index in [1.54, 1.807) is 18.5 Å². The molecule has 1 aliphatic rings. The van der Waals surface area contributed by atoms with Crippen molar-refractivity contribution in [2.24, 2.45) is 0 Å². The van der Waals surface area contributed by atoms with Crippen LogP contribution in [0.5, 0.6) is 0 Å². The maximum absolute atomic E-state index is 12.2. The lowest BCUT2D eigenvalue weighted by atomic mass is 9.90. The normalized spacial score (nSPS) is 14.2. The molecule has 4 aromatic rings. The molecule has 0 bridgehead atoms. The van der Waals surface area contributed by atoms with Gasteiger partial charge in [0, 0.05) is 29.4 Å². The first-order chi connectivity index (χ1) is 11.8. The van der Waals surface area contributed by atoms with E-state index in [9.17, 15) is 4.79 Å². The van der Waals surface area contributed by atoms with Gasteiger partial charge in [-0.15, -0.1) is 0 Å². The summed E-state index contributed by atoms with van der Waals surface area (Å²) in [5.41, 5.74) is 4.49. The number of benzene rings is 1. The number of aromatic nitrogens is 2. The molecule has 0 saturated heterocycles. The third kappa shape index (κ3) is 1.98. The molecule has 0 saturated carbocycles. The van der Waals surface area contributed by atoms with Crippen molar-refractivity contribution in [3.63, 3.8) is 0 Å². The smallest absolute Gasteiger partial charge is 0.339 e. The van der Waals surface area contributed by atoms with Crippen molar-refractivity contribution in [2.45, 2.75) is 25.7 Å². The van der Waals surface area contributed by atoms with Gasteiger partial charge in [-0.1, -0.05) is 0 Å². The summed E-state index contributed by atoms with van der Waals surface area (Å²) >= 11 is 0. The monoisotopic (exact) mass is 318 g/mol. The highest BCUT2D eigenvalue weighted by Gasteiger charge is 2.19. The number of fused-ring (bicyclic) bond motifs is 4. The molecule has 24 heavy (non-hydrogen) atoms. The number of rotatable bonds is 1. The fourth-order valence-corrected chi connectivity index (χ4v) is 3.48. The van der Waals surface area contributed by atoms with E-state index >= 15 is 0 Å². The molecule has 0 unspecified atom stereocenters. The minimum Gasteiger partial charge on any atom is -0.436 e. The first-order valence-electron chi connectivity index (χ1n) is 8.09. The van der Waals surface area contributed by atoms with Gasteiger partial charge in [0.25, 0.3) is 0 Å². The Morgan fingerprint density at radius 3 is 2.71 bits per heavy atom. The Kier molecular flexibility index (Phi) is 2.82. The van der Waals surface area contributed by atoms with Crippen LogP contribution in [0, 0.1) is 0 Å². The standard InChI is InChI=1S/C19H14N2O3/c22-19-13-6-2-1-5-12(13)14-8-15-17(9-16(14)24-19)23-18(21-15)11-4-3-7-20-10-11/h3-4,7-10H,1-2,5-6H2. The molecule has 3 heterocycles. The first kappa shape index (κ1) is 13.5. The van der Waals surface area contributed by atoms with Gasteiger partial charge in [-0.25, -0.2) is 9.78 Å². The highest BCUT2D eigenvalue weighted by molar-refractivity contribution is 5.94. The number of hydrogen-bond donors (Lipinski definition) is 0. The molecule has 0 atom stereocenters. The van der Waals surface area contributed by atoms with Crippen molar-refractivity contribution in [1.82, 2.24) is 9.97 Å². The Balaban J connectivity index is 1.79. The topological polar surface area (TPSA) is 69.1 Å². The van der Waals surface area contributed by atoms with Crippen LogP contribution in [0.25, 0.3) is 33.5 Å². The van der Waals surface area contributed by atoms with Crippen LogP contribution in [0.3, 0.4) is 0 Å². The van der Waals surface area contributed by atoms with E-state index in [4.69, 9.17) is 8.83 Å². The fraction of sp³-hybridized carbons (Fsp3) is 0.211. The first-order valence-corrected chi connectivity index (χ1v) is 8.09. The molecular weight excluding hydrogens is 304 g/mol. The van der Waals surface area contributed by atoms with Crippen molar-refractivity contribution in [1.29, 1.82) is 0 Å². The molecule has 0 fully saturated rings. The van der Waals surface area contributed by atoms with Crippen LogP contribution < -0.4 is 5.63 Å². The molecule has 5 nitrogen and oxygen atoms in total. The van der Waals surface area contributed by atoms with Crippen LogP contribution in [-0.2, 0) is 12.8 Å². The molecular formula is C19H14N2O3. The third-order valence-corrected chi connectivity index (χ3v) is 4.64. The number of nitrogens with zero attached hydrogens (tertiary/aromatic N) is 2. The molecule has 1 aromatic carbocycles. The molecule has 0 aliphatic heterocycles. The predicted octanol–water partition coefficient (Wildman–Crippen LogP) is 3.88. The Bertz CT molecular complexity index is 1130. The van der Waals surface area contributed by atoms with Gasteiger partial charge in [0.2, 0.25) is 5.89 Å². The van der Waals surface area contributed by atoms with Crippen LogP contribution >= 0.6 is 0 Å². The summed E-state index contributed by atoms with van der Waals surface area (Å²) in [6.45, 7) is 0. The quantitative estimate of drug-likeness (QED) is 0.498. The molecule has 118 valence electrons. The molecule has 5 heteroatoms. The summed E-state index contributed by atoms with van der Waals surface area (Å²) in [6.07, 6.45) is 7.28. The summed E-state index contributed by atoms with van der Waals surface area (Å²) in [6, 6.07) is 7.49. The summed E-state index contributed by atoms with van der Waals surface area (Å²) < 4.78 is 11.4. The van der Waals surface area contributed by atoms with Crippen molar-refractivity contribution in [2.75, 3.05) is 0 Å². The fourth-order valence-electron chi connectivity index (χ4n) is 3.48. The van der Waals surface area contributed by atoms with E-state index < -0.39 is 0 Å². The van der Waals surface area contributed by atoms with Gasteiger partial charge in [-0.05, 0) is 49.4 Å². The van der Waals surface area contributed by atoms with Gasteiger partial charge in [-0.3, -0.25) is 4.98 Å². The minimum absolute atomic E-state index is 0.219. The molecule has 0 radical (unpaired) electrons. The Morgan fingerprint density at radius 2 is 1.88 bits per heavy atom. The maximum Gasteiger partial charge on any atom is 0.339 e. The SMILES string of the molecule is O=c1oc2cc3oc(-c4cccnc4)nc3cc2c2c1CCCC2. The lowest BCUT2D eigenvalue weighted by Gasteiger charge is -2.15. The molecule has 0 N–H and O–H groups in total. The van der Waals surface area contributed by atoms with Gasteiger partial charge in [-0.2, -0.15) is 0 Å². The molecule has 0 spiro atoms. The van der Waals surface area contributed by atoms with E-state index in [1.807, 2.05) is 18.2 Å². The highest BCUT2D eigenvalue weighted by atomic mass is 16.4. The second kappa shape index (κ2) is 5.03. The molecule has 0 amide bonds. The van der Waals surface area contributed by atoms with E-state index in [1.165, 1.54) is 0 Å². The van der Waals surface area contributed by atoms with Crippen LogP contribution in [0.2, 0.25) is 0 Å². The number of oxazole rings is 1. The van der Waals surface area contributed by atoms with Gasteiger partial charge in [0.05, 0.1) is 5.56 Å². The maximum atomic E-state index is 12.2. The average molecular weight is 318 g/mol. The van der Waals surface area contributed by atoms with Crippen molar-refractivity contribution >= 4 is 22.1 Å². The lowest BCUT2D eigenvalue weighted by molar-refractivity contribution is 0.533. The summed E-state index contributed by atoms with van der Waals surface area (Å²) in [5.74, 6) is 0.518.